The minimum Gasteiger partial charge on any atom is -0.313 e. The summed E-state index contributed by atoms with van der Waals surface area (Å²) in [5.74, 6) is 0.809. The van der Waals surface area contributed by atoms with E-state index in [4.69, 9.17) is 0 Å². The lowest BCUT2D eigenvalue weighted by Crippen LogP contribution is -2.34. The number of nitrogens with zero attached hydrogens (tertiary/aromatic N) is 2. The van der Waals surface area contributed by atoms with Crippen molar-refractivity contribution in [2.24, 2.45) is 5.92 Å². The molecule has 3 nitrogen and oxygen atoms in total. The summed E-state index contributed by atoms with van der Waals surface area (Å²) in [6.45, 7) is 11.9. The Morgan fingerprint density at radius 2 is 1.85 bits per heavy atom. The van der Waals surface area contributed by atoms with Gasteiger partial charge >= 0.3 is 0 Å². The molecule has 2 aromatic rings. The van der Waals surface area contributed by atoms with Crippen molar-refractivity contribution in [3.05, 3.63) is 54.9 Å². The number of hydrogen-bond donors (Lipinski definition) is 1. The van der Waals surface area contributed by atoms with Gasteiger partial charge in [0.05, 0.1) is 0 Å². The van der Waals surface area contributed by atoms with Gasteiger partial charge in [-0.2, -0.15) is 0 Å². The Morgan fingerprint density at radius 1 is 1.07 bits per heavy atom. The van der Waals surface area contributed by atoms with Gasteiger partial charge in [0.2, 0.25) is 0 Å². The highest BCUT2D eigenvalue weighted by molar-refractivity contribution is 5.61. The standard InChI is InChI=1S/C13H28N2.C11H9N/c1-4-5-6-8-14-13-7-9-15(11-13)10-12(2)3;1-2-5-10(6-3-1)11-7-4-8-12-9-11/h12-14H,4-11H2,1-3H3;1-9H/t13-;/m1./s1. The van der Waals surface area contributed by atoms with Gasteiger partial charge in [-0.25, -0.2) is 0 Å². The van der Waals surface area contributed by atoms with Gasteiger partial charge in [-0.05, 0) is 49.0 Å². The van der Waals surface area contributed by atoms with Crippen LogP contribution in [0.3, 0.4) is 0 Å². The lowest BCUT2D eigenvalue weighted by Gasteiger charge is -2.18. The van der Waals surface area contributed by atoms with E-state index < -0.39 is 0 Å². The summed E-state index contributed by atoms with van der Waals surface area (Å²) >= 11 is 0. The number of aromatic nitrogens is 1. The van der Waals surface area contributed by atoms with E-state index >= 15 is 0 Å². The minimum atomic E-state index is 0.764. The van der Waals surface area contributed by atoms with Crippen molar-refractivity contribution in [2.75, 3.05) is 26.2 Å². The highest BCUT2D eigenvalue weighted by Gasteiger charge is 2.21. The molecule has 0 bridgehead atoms. The lowest BCUT2D eigenvalue weighted by molar-refractivity contribution is 0.290. The average molecular weight is 368 g/mol. The molecule has 0 unspecified atom stereocenters. The smallest absolute Gasteiger partial charge is 0.0346 e. The third-order valence-corrected chi connectivity index (χ3v) is 4.88. The largest absolute Gasteiger partial charge is 0.313 e. The fraction of sp³-hybridized carbons (Fsp3) is 0.542. The van der Waals surface area contributed by atoms with E-state index in [1.54, 1.807) is 6.20 Å². The molecule has 1 fully saturated rings. The Morgan fingerprint density at radius 3 is 2.52 bits per heavy atom. The highest BCUT2D eigenvalue weighted by atomic mass is 15.2. The Balaban J connectivity index is 0.000000198. The van der Waals surface area contributed by atoms with Gasteiger partial charge in [0.1, 0.15) is 0 Å². The topological polar surface area (TPSA) is 28.2 Å². The van der Waals surface area contributed by atoms with Crippen LogP contribution >= 0.6 is 0 Å². The molecule has 148 valence electrons. The van der Waals surface area contributed by atoms with Crippen molar-refractivity contribution >= 4 is 0 Å². The van der Waals surface area contributed by atoms with Gasteiger partial charge in [0.15, 0.2) is 0 Å². The number of likely N-dealkylation sites (tertiary alicyclic amines) is 1. The van der Waals surface area contributed by atoms with Crippen molar-refractivity contribution in [1.29, 1.82) is 0 Å². The monoisotopic (exact) mass is 367 g/mol. The second kappa shape index (κ2) is 12.6. The fourth-order valence-corrected chi connectivity index (χ4v) is 3.53. The first-order valence-corrected chi connectivity index (χ1v) is 10.6. The number of rotatable bonds is 8. The molecule has 1 aromatic carbocycles. The van der Waals surface area contributed by atoms with Crippen LogP contribution in [-0.4, -0.2) is 42.1 Å². The first kappa shape index (κ1) is 21.6. The highest BCUT2D eigenvalue weighted by Crippen LogP contribution is 2.16. The van der Waals surface area contributed by atoms with Crippen molar-refractivity contribution in [1.82, 2.24) is 15.2 Å². The number of nitrogens with one attached hydrogen (secondary N) is 1. The predicted molar refractivity (Wildman–Crippen MR) is 117 cm³/mol. The number of benzene rings is 1. The van der Waals surface area contributed by atoms with Crippen LogP contribution in [0, 0.1) is 5.92 Å². The summed E-state index contributed by atoms with van der Waals surface area (Å²) in [6, 6.07) is 15.0. The van der Waals surface area contributed by atoms with Crippen LogP contribution in [0.15, 0.2) is 54.9 Å². The molecule has 1 aliphatic heterocycles. The van der Waals surface area contributed by atoms with E-state index in [-0.39, 0.29) is 0 Å². The summed E-state index contributed by atoms with van der Waals surface area (Å²) in [7, 11) is 0. The molecule has 1 N–H and O–H groups in total. The maximum atomic E-state index is 4.06. The summed E-state index contributed by atoms with van der Waals surface area (Å²) in [5, 5.41) is 3.68. The van der Waals surface area contributed by atoms with Gasteiger partial charge in [-0.3, -0.25) is 4.98 Å². The van der Waals surface area contributed by atoms with Crippen LogP contribution in [-0.2, 0) is 0 Å². The van der Waals surface area contributed by atoms with E-state index in [9.17, 15) is 0 Å². The van der Waals surface area contributed by atoms with Crippen molar-refractivity contribution < 1.29 is 0 Å². The first-order valence-electron chi connectivity index (χ1n) is 10.6. The average Bonchev–Trinajstić information content (AvgIpc) is 3.14. The molecule has 1 aromatic heterocycles. The third-order valence-electron chi connectivity index (χ3n) is 4.88. The van der Waals surface area contributed by atoms with E-state index in [2.05, 4.69) is 54.2 Å². The number of hydrogen-bond acceptors (Lipinski definition) is 3. The van der Waals surface area contributed by atoms with E-state index in [0.29, 0.717) is 0 Å². The Kier molecular flexibility index (Phi) is 10.1. The molecule has 1 atom stereocenters. The van der Waals surface area contributed by atoms with Crippen LogP contribution in [0.4, 0.5) is 0 Å². The number of unbranched alkanes of at least 4 members (excludes halogenated alkanes) is 2. The van der Waals surface area contributed by atoms with Crippen LogP contribution < -0.4 is 5.32 Å². The van der Waals surface area contributed by atoms with Crippen LogP contribution in [0.5, 0.6) is 0 Å². The summed E-state index contributed by atoms with van der Waals surface area (Å²) in [6.07, 6.45) is 9.04. The van der Waals surface area contributed by atoms with Gasteiger partial charge in [-0.15, -0.1) is 0 Å². The van der Waals surface area contributed by atoms with E-state index in [0.717, 1.165) is 17.5 Å². The van der Waals surface area contributed by atoms with Crippen LogP contribution in [0.2, 0.25) is 0 Å². The van der Waals surface area contributed by atoms with Crippen LogP contribution in [0.25, 0.3) is 11.1 Å². The third kappa shape index (κ3) is 8.68. The van der Waals surface area contributed by atoms with Gasteiger partial charge in [0, 0.05) is 31.5 Å². The van der Waals surface area contributed by atoms with Gasteiger partial charge in [0.25, 0.3) is 0 Å². The second-order valence-corrected chi connectivity index (χ2v) is 7.91. The van der Waals surface area contributed by atoms with Crippen molar-refractivity contribution in [3.63, 3.8) is 0 Å². The molecule has 3 rings (SSSR count). The van der Waals surface area contributed by atoms with Gasteiger partial charge < -0.3 is 10.2 Å². The maximum absolute atomic E-state index is 4.06. The molecule has 0 radical (unpaired) electrons. The van der Waals surface area contributed by atoms with Gasteiger partial charge in [-0.1, -0.05) is 70.0 Å². The Labute approximate surface area is 166 Å². The number of pyridine rings is 1. The lowest BCUT2D eigenvalue weighted by atomic mass is 10.1. The molecule has 1 saturated heterocycles. The second-order valence-electron chi connectivity index (χ2n) is 7.91. The zero-order valence-corrected chi connectivity index (χ0v) is 17.4. The summed E-state index contributed by atoms with van der Waals surface area (Å²) in [5.41, 5.74) is 2.38. The normalized spacial score (nSPS) is 17.0. The molecule has 0 amide bonds. The fourth-order valence-electron chi connectivity index (χ4n) is 3.53. The predicted octanol–water partition coefficient (Wildman–Crippen LogP) is 5.25. The molecule has 2 heterocycles. The van der Waals surface area contributed by atoms with E-state index in [1.807, 2.05) is 30.5 Å². The Bertz CT molecular complexity index is 560. The van der Waals surface area contributed by atoms with Crippen molar-refractivity contribution in [2.45, 2.75) is 52.5 Å². The first-order chi connectivity index (χ1) is 13.2. The quantitative estimate of drug-likeness (QED) is 0.646. The summed E-state index contributed by atoms with van der Waals surface area (Å²) in [4.78, 5) is 6.66. The molecule has 1 aliphatic rings. The van der Waals surface area contributed by atoms with Crippen LogP contribution in [0.1, 0.15) is 46.5 Å². The Hall–Kier alpha value is -1.71. The molecule has 27 heavy (non-hydrogen) atoms. The zero-order chi connectivity index (χ0) is 19.3. The molecule has 3 heteroatoms. The van der Waals surface area contributed by atoms with E-state index in [1.165, 1.54) is 57.4 Å². The zero-order valence-electron chi connectivity index (χ0n) is 17.4. The molecular weight excluding hydrogens is 330 g/mol. The maximum Gasteiger partial charge on any atom is 0.0346 e. The SMILES string of the molecule is CCCCCN[C@@H]1CCN(CC(C)C)C1.c1ccc(-c2cccnc2)cc1. The summed E-state index contributed by atoms with van der Waals surface area (Å²) < 4.78 is 0. The molecular formula is C24H37N3. The molecule has 0 spiro atoms. The molecule has 0 saturated carbocycles. The molecule has 0 aliphatic carbocycles. The minimum absolute atomic E-state index is 0.764. The van der Waals surface area contributed by atoms with Crippen molar-refractivity contribution in [3.8, 4) is 11.1 Å².